The molecule has 1 amide bonds. The second-order valence-electron chi connectivity index (χ2n) is 5.07. The highest BCUT2D eigenvalue weighted by Gasteiger charge is 2.45. The van der Waals surface area contributed by atoms with Crippen molar-refractivity contribution in [3.63, 3.8) is 0 Å². The first kappa shape index (κ1) is 15.7. The fourth-order valence-electron chi connectivity index (χ4n) is 2.32. The first-order valence-electron chi connectivity index (χ1n) is 6.06. The van der Waals surface area contributed by atoms with E-state index in [-0.39, 0.29) is 21.1 Å². The molecular weight excluding hydrogens is 322 g/mol. The van der Waals surface area contributed by atoms with Gasteiger partial charge in [0, 0.05) is 20.1 Å². The Morgan fingerprint density at radius 2 is 2.20 bits per heavy atom. The molecule has 1 saturated heterocycles. The van der Waals surface area contributed by atoms with Crippen LogP contribution < -0.4 is 5.32 Å². The molecule has 0 bridgehead atoms. The van der Waals surface area contributed by atoms with E-state index in [1.807, 2.05) is 0 Å². The van der Waals surface area contributed by atoms with Crippen LogP contribution in [0.25, 0.3) is 0 Å². The molecule has 9 heteroatoms. The van der Waals surface area contributed by atoms with Gasteiger partial charge in [0.15, 0.2) is 8.68 Å². The second-order valence-corrected chi connectivity index (χ2v) is 8.78. The van der Waals surface area contributed by atoms with Crippen molar-refractivity contribution in [3.8, 4) is 0 Å². The molecule has 1 unspecified atom stereocenters. The van der Waals surface area contributed by atoms with E-state index >= 15 is 0 Å². The molecule has 0 spiro atoms. The van der Waals surface area contributed by atoms with Gasteiger partial charge in [0.25, 0.3) is 10.0 Å². The number of rotatable bonds is 3. The maximum atomic E-state index is 12.6. The largest absolute Gasteiger partial charge is 0.359 e. The summed E-state index contributed by atoms with van der Waals surface area (Å²) in [6.45, 7) is 3.88. The van der Waals surface area contributed by atoms with E-state index in [9.17, 15) is 13.2 Å². The lowest BCUT2D eigenvalue weighted by molar-refractivity contribution is -0.128. The Bertz CT molecular complexity index is 643. The Hall–Kier alpha value is -0.700. The molecule has 20 heavy (non-hydrogen) atoms. The van der Waals surface area contributed by atoms with E-state index < -0.39 is 15.4 Å². The van der Waals surface area contributed by atoms with Gasteiger partial charge in [-0.1, -0.05) is 22.9 Å². The van der Waals surface area contributed by atoms with Crippen molar-refractivity contribution in [1.29, 1.82) is 0 Å². The summed E-state index contributed by atoms with van der Waals surface area (Å²) in [4.78, 5) is 15.8. The zero-order valence-electron chi connectivity index (χ0n) is 11.4. The highest BCUT2D eigenvalue weighted by Crippen LogP contribution is 2.36. The number of aryl methyl sites for hydroxylation is 1. The topological polar surface area (TPSA) is 79.4 Å². The van der Waals surface area contributed by atoms with Crippen LogP contribution in [-0.4, -0.2) is 43.8 Å². The molecule has 1 aromatic rings. The number of hydrogen-bond donors (Lipinski definition) is 1. The quantitative estimate of drug-likeness (QED) is 0.900. The van der Waals surface area contributed by atoms with Gasteiger partial charge in [0.05, 0.1) is 11.1 Å². The van der Waals surface area contributed by atoms with Crippen LogP contribution in [0.15, 0.2) is 4.21 Å². The summed E-state index contributed by atoms with van der Waals surface area (Å²) in [5.74, 6) is -0.144. The molecule has 1 atom stereocenters. The second kappa shape index (κ2) is 5.25. The van der Waals surface area contributed by atoms with Crippen LogP contribution in [0.2, 0.25) is 4.47 Å². The van der Waals surface area contributed by atoms with Crippen molar-refractivity contribution < 1.29 is 13.2 Å². The van der Waals surface area contributed by atoms with Crippen molar-refractivity contribution in [3.05, 3.63) is 10.2 Å². The Morgan fingerprint density at radius 3 is 2.70 bits per heavy atom. The maximum Gasteiger partial charge on any atom is 0.254 e. The summed E-state index contributed by atoms with van der Waals surface area (Å²) in [7, 11) is -2.08. The minimum absolute atomic E-state index is 0.144. The zero-order valence-corrected chi connectivity index (χ0v) is 13.8. The molecule has 1 aliphatic heterocycles. The molecule has 6 nitrogen and oxygen atoms in total. The average Bonchev–Trinajstić information content (AvgIpc) is 2.93. The summed E-state index contributed by atoms with van der Waals surface area (Å²) in [6.07, 6.45) is 0.498. The smallest absolute Gasteiger partial charge is 0.254 e. The van der Waals surface area contributed by atoms with Gasteiger partial charge in [0.1, 0.15) is 0 Å². The zero-order chi connectivity index (χ0) is 15.1. The molecule has 1 fully saturated rings. The Morgan fingerprint density at radius 1 is 1.55 bits per heavy atom. The minimum atomic E-state index is -3.64. The average molecular weight is 338 g/mol. The van der Waals surface area contributed by atoms with Crippen LogP contribution in [0.5, 0.6) is 0 Å². The summed E-state index contributed by atoms with van der Waals surface area (Å²) in [5, 5.41) is 2.58. The first-order chi connectivity index (χ1) is 9.20. The number of hydrogen-bond acceptors (Lipinski definition) is 5. The van der Waals surface area contributed by atoms with Crippen LogP contribution >= 0.6 is 22.9 Å². The standard InChI is InChI=1S/C11H16ClN3O3S2/c1-7-8(19-10(12)14-7)20(17,18)15-5-4-11(2,6-15)9(16)13-3/h4-6H2,1-3H3,(H,13,16). The van der Waals surface area contributed by atoms with Gasteiger partial charge < -0.3 is 5.32 Å². The van der Waals surface area contributed by atoms with Crippen molar-refractivity contribution in [2.24, 2.45) is 5.41 Å². The highest BCUT2D eigenvalue weighted by molar-refractivity contribution is 7.91. The SMILES string of the molecule is CNC(=O)C1(C)CCN(S(=O)(=O)c2sc(Cl)nc2C)C1. The lowest BCUT2D eigenvalue weighted by Crippen LogP contribution is -2.40. The number of sulfonamides is 1. The summed E-state index contributed by atoms with van der Waals surface area (Å²) >= 11 is 6.71. The Kier molecular flexibility index (Phi) is 4.12. The fraction of sp³-hybridized carbons (Fsp3) is 0.636. The van der Waals surface area contributed by atoms with Crippen LogP contribution in [0.4, 0.5) is 0 Å². The van der Waals surface area contributed by atoms with Gasteiger partial charge in [0.2, 0.25) is 5.91 Å². The third-order valence-electron chi connectivity index (χ3n) is 3.52. The fourth-order valence-corrected chi connectivity index (χ4v) is 5.76. The third kappa shape index (κ3) is 2.57. The molecule has 112 valence electrons. The monoisotopic (exact) mass is 337 g/mol. The molecule has 0 aromatic carbocycles. The predicted molar refractivity (Wildman–Crippen MR) is 77.4 cm³/mol. The number of carbonyl (C=O) groups excluding carboxylic acids is 1. The molecule has 1 aliphatic rings. The molecule has 2 rings (SSSR count). The molecule has 0 radical (unpaired) electrons. The highest BCUT2D eigenvalue weighted by atomic mass is 35.5. The normalized spacial score (nSPS) is 24.0. The molecule has 2 heterocycles. The van der Waals surface area contributed by atoms with Crippen molar-refractivity contribution >= 4 is 38.9 Å². The minimum Gasteiger partial charge on any atom is -0.359 e. The van der Waals surface area contributed by atoms with Gasteiger partial charge in [-0.15, -0.1) is 0 Å². The number of nitrogens with zero attached hydrogens (tertiary/aromatic N) is 2. The number of amides is 1. The van der Waals surface area contributed by atoms with Gasteiger partial charge in [-0.3, -0.25) is 4.79 Å². The van der Waals surface area contributed by atoms with E-state index in [0.29, 0.717) is 18.7 Å². The lowest BCUT2D eigenvalue weighted by atomic mass is 9.89. The third-order valence-corrected chi connectivity index (χ3v) is 7.21. The summed E-state index contributed by atoms with van der Waals surface area (Å²) < 4.78 is 26.8. The van der Waals surface area contributed by atoms with Gasteiger partial charge in [-0.05, 0) is 20.3 Å². The van der Waals surface area contributed by atoms with Crippen LogP contribution in [0, 0.1) is 12.3 Å². The van der Waals surface area contributed by atoms with Crippen LogP contribution in [0.1, 0.15) is 19.0 Å². The van der Waals surface area contributed by atoms with Crippen LogP contribution in [-0.2, 0) is 14.8 Å². The van der Waals surface area contributed by atoms with E-state index in [1.165, 1.54) is 4.31 Å². The summed E-state index contributed by atoms with van der Waals surface area (Å²) in [5.41, 5.74) is -0.293. The number of halogens is 1. The Labute approximate surface area is 127 Å². The predicted octanol–water partition coefficient (Wildman–Crippen LogP) is 1.25. The van der Waals surface area contributed by atoms with Crippen LogP contribution in [0.3, 0.4) is 0 Å². The molecular formula is C11H16ClN3O3S2. The van der Waals surface area contributed by atoms with Gasteiger partial charge in [-0.25, -0.2) is 13.4 Å². The van der Waals surface area contributed by atoms with Crippen molar-refractivity contribution in [1.82, 2.24) is 14.6 Å². The van der Waals surface area contributed by atoms with Crippen molar-refractivity contribution in [2.75, 3.05) is 20.1 Å². The molecule has 0 aliphatic carbocycles. The number of aromatic nitrogens is 1. The number of carbonyl (C=O) groups is 1. The lowest BCUT2D eigenvalue weighted by Gasteiger charge is -2.22. The van der Waals surface area contributed by atoms with Gasteiger partial charge in [-0.2, -0.15) is 4.31 Å². The molecule has 1 N–H and O–H groups in total. The number of thiazole rings is 1. The van der Waals surface area contributed by atoms with E-state index in [0.717, 1.165) is 11.3 Å². The maximum absolute atomic E-state index is 12.6. The molecule has 0 saturated carbocycles. The van der Waals surface area contributed by atoms with Crippen molar-refractivity contribution in [2.45, 2.75) is 24.5 Å². The molecule has 1 aromatic heterocycles. The summed E-state index contributed by atoms with van der Waals surface area (Å²) in [6, 6.07) is 0. The van der Waals surface area contributed by atoms with Gasteiger partial charge >= 0.3 is 0 Å². The number of nitrogens with one attached hydrogen (secondary N) is 1. The van der Waals surface area contributed by atoms with E-state index in [2.05, 4.69) is 10.3 Å². The van der Waals surface area contributed by atoms with E-state index in [1.54, 1.807) is 20.9 Å². The Balaban J connectivity index is 2.30. The van der Waals surface area contributed by atoms with E-state index in [4.69, 9.17) is 11.6 Å². The first-order valence-corrected chi connectivity index (χ1v) is 8.69.